The molecule has 33 heavy (non-hydrogen) atoms. The molecular weight excluding hydrogens is 442 g/mol. The van der Waals surface area contributed by atoms with Gasteiger partial charge in [0, 0.05) is 34.5 Å². The number of nitrogens with one attached hydrogen (secondary N) is 2. The average Bonchev–Trinajstić information content (AvgIpc) is 3.45. The van der Waals surface area contributed by atoms with Gasteiger partial charge in [0.25, 0.3) is 0 Å². The van der Waals surface area contributed by atoms with E-state index in [1.54, 1.807) is 31.9 Å². The fraction of sp³-hybridized carbons (Fsp3) is 0.208. The lowest BCUT2D eigenvalue weighted by molar-refractivity contribution is -0.141. The van der Waals surface area contributed by atoms with E-state index in [0.29, 0.717) is 17.2 Å². The molecule has 0 aliphatic carbocycles. The number of benzene rings is 2. The number of carboxylic acids is 1. The highest BCUT2D eigenvalue weighted by atomic mass is 32.1. The van der Waals surface area contributed by atoms with E-state index in [1.807, 2.05) is 36.4 Å². The molecule has 8 nitrogen and oxygen atoms in total. The monoisotopic (exact) mass is 465 g/mol. The Bertz CT molecular complexity index is 1300. The standard InChI is InChI=1S/C24H23N3O5S/c1-31-20-8-7-14(10-21(20)32-2)23-26-16(13-33-23)11-22(28)27-19(24(29)30)9-15-12-25-18-6-4-3-5-17(15)18/h3-8,10,12-13,19,25H,9,11H2,1-2H3,(H,27,28)(H,29,30)/t19-/m0/s1. The minimum absolute atomic E-state index is 0.0124. The minimum atomic E-state index is -1.09. The Balaban J connectivity index is 1.43. The third kappa shape index (κ3) is 4.98. The first-order valence-corrected chi connectivity index (χ1v) is 11.1. The van der Waals surface area contributed by atoms with Gasteiger partial charge < -0.3 is 24.9 Å². The predicted octanol–water partition coefficient (Wildman–Crippen LogP) is 3.66. The van der Waals surface area contributed by atoms with E-state index in [1.165, 1.54) is 11.3 Å². The van der Waals surface area contributed by atoms with Gasteiger partial charge in [-0.25, -0.2) is 9.78 Å². The molecule has 0 aliphatic heterocycles. The molecule has 170 valence electrons. The number of amides is 1. The summed E-state index contributed by atoms with van der Waals surface area (Å²) in [7, 11) is 3.13. The summed E-state index contributed by atoms with van der Waals surface area (Å²) in [6, 6.07) is 12.1. The number of hydrogen-bond acceptors (Lipinski definition) is 6. The number of fused-ring (bicyclic) bond motifs is 1. The van der Waals surface area contributed by atoms with Crippen molar-refractivity contribution >= 4 is 34.1 Å². The Morgan fingerprint density at radius 3 is 2.70 bits per heavy atom. The molecule has 1 amide bonds. The number of hydrogen-bond donors (Lipinski definition) is 3. The molecule has 2 aromatic carbocycles. The van der Waals surface area contributed by atoms with E-state index in [4.69, 9.17) is 9.47 Å². The van der Waals surface area contributed by atoms with Gasteiger partial charge in [-0.15, -0.1) is 11.3 Å². The largest absolute Gasteiger partial charge is 0.493 e. The number of carbonyl (C=O) groups excluding carboxylic acids is 1. The van der Waals surface area contributed by atoms with Crippen molar-refractivity contribution in [2.75, 3.05) is 14.2 Å². The van der Waals surface area contributed by atoms with Crippen LogP contribution in [0.4, 0.5) is 0 Å². The zero-order valence-corrected chi connectivity index (χ0v) is 18.9. The van der Waals surface area contributed by atoms with E-state index in [-0.39, 0.29) is 12.8 Å². The molecule has 1 atom stereocenters. The van der Waals surface area contributed by atoms with Crippen LogP contribution in [0.2, 0.25) is 0 Å². The number of aromatic nitrogens is 2. The molecule has 4 rings (SSSR count). The lowest BCUT2D eigenvalue weighted by atomic mass is 10.0. The van der Waals surface area contributed by atoms with Crippen LogP contribution in [0.25, 0.3) is 21.5 Å². The van der Waals surface area contributed by atoms with Crippen LogP contribution >= 0.6 is 11.3 Å². The first-order valence-electron chi connectivity index (χ1n) is 10.2. The van der Waals surface area contributed by atoms with Gasteiger partial charge in [0.2, 0.25) is 5.91 Å². The van der Waals surface area contributed by atoms with Crippen LogP contribution in [0.5, 0.6) is 11.5 Å². The second-order valence-electron chi connectivity index (χ2n) is 7.41. The van der Waals surface area contributed by atoms with Crippen molar-refractivity contribution in [3.8, 4) is 22.1 Å². The molecule has 0 radical (unpaired) electrons. The molecular formula is C24H23N3O5S. The van der Waals surface area contributed by atoms with Gasteiger partial charge in [-0.3, -0.25) is 4.79 Å². The number of rotatable bonds is 9. The molecule has 0 saturated heterocycles. The zero-order chi connectivity index (χ0) is 23.4. The van der Waals surface area contributed by atoms with Crippen molar-refractivity contribution in [1.82, 2.24) is 15.3 Å². The number of carbonyl (C=O) groups is 2. The van der Waals surface area contributed by atoms with E-state index in [9.17, 15) is 14.7 Å². The maximum absolute atomic E-state index is 12.6. The summed E-state index contributed by atoms with van der Waals surface area (Å²) in [4.78, 5) is 32.0. The molecule has 0 bridgehead atoms. The lowest BCUT2D eigenvalue weighted by Crippen LogP contribution is -2.43. The van der Waals surface area contributed by atoms with Crippen molar-refractivity contribution in [3.05, 3.63) is 65.3 Å². The van der Waals surface area contributed by atoms with Gasteiger partial charge in [-0.2, -0.15) is 0 Å². The molecule has 0 aliphatic rings. The Morgan fingerprint density at radius 1 is 1.15 bits per heavy atom. The summed E-state index contributed by atoms with van der Waals surface area (Å²) >= 11 is 1.40. The molecule has 0 spiro atoms. The third-order valence-corrected chi connectivity index (χ3v) is 6.20. The van der Waals surface area contributed by atoms with Crippen LogP contribution in [0.3, 0.4) is 0 Å². The van der Waals surface area contributed by atoms with Gasteiger partial charge >= 0.3 is 5.97 Å². The van der Waals surface area contributed by atoms with Crippen molar-refractivity contribution in [2.24, 2.45) is 0 Å². The van der Waals surface area contributed by atoms with E-state index in [2.05, 4.69) is 15.3 Å². The Morgan fingerprint density at radius 2 is 1.94 bits per heavy atom. The highest BCUT2D eigenvalue weighted by Gasteiger charge is 2.22. The number of H-pyrrole nitrogens is 1. The fourth-order valence-corrected chi connectivity index (χ4v) is 4.44. The van der Waals surface area contributed by atoms with Gasteiger partial charge in [0.15, 0.2) is 11.5 Å². The number of ether oxygens (including phenoxy) is 2. The second-order valence-corrected chi connectivity index (χ2v) is 8.27. The lowest BCUT2D eigenvalue weighted by Gasteiger charge is -2.14. The van der Waals surface area contributed by atoms with E-state index in [0.717, 1.165) is 27.0 Å². The normalized spacial score (nSPS) is 11.8. The molecule has 3 N–H and O–H groups in total. The van der Waals surface area contributed by atoms with Gasteiger partial charge in [0.05, 0.1) is 26.3 Å². The van der Waals surface area contributed by atoms with Crippen LogP contribution in [0.15, 0.2) is 54.0 Å². The molecule has 4 aromatic rings. The van der Waals surface area contributed by atoms with Gasteiger partial charge in [0.1, 0.15) is 11.0 Å². The van der Waals surface area contributed by atoms with Crippen molar-refractivity contribution < 1.29 is 24.2 Å². The number of aromatic amines is 1. The summed E-state index contributed by atoms with van der Waals surface area (Å²) in [5.74, 6) is -0.275. The maximum Gasteiger partial charge on any atom is 0.326 e. The highest BCUT2D eigenvalue weighted by molar-refractivity contribution is 7.13. The van der Waals surface area contributed by atoms with Crippen LogP contribution in [0, 0.1) is 0 Å². The molecule has 2 aromatic heterocycles. The predicted molar refractivity (Wildman–Crippen MR) is 126 cm³/mol. The van der Waals surface area contributed by atoms with Crippen molar-refractivity contribution in [1.29, 1.82) is 0 Å². The summed E-state index contributed by atoms with van der Waals surface area (Å²) < 4.78 is 10.6. The van der Waals surface area contributed by atoms with Crippen LogP contribution in [-0.4, -0.2) is 47.2 Å². The maximum atomic E-state index is 12.6. The number of para-hydroxylation sites is 1. The molecule has 0 fully saturated rings. The van der Waals surface area contributed by atoms with E-state index < -0.39 is 17.9 Å². The fourth-order valence-electron chi connectivity index (χ4n) is 3.62. The Kier molecular flexibility index (Phi) is 6.60. The molecule has 0 saturated carbocycles. The van der Waals surface area contributed by atoms with E-state index >= 15 is 0 Å². The number of methoxy groups -OCH3 is 2. The average molecular weight is 466 g/mol. The highest BCUT2D eigenvalue weighted by Crippen LogP contribution is 2.33. The van der Waals surface area contributed by atoms with Crippen LogP contribution in [-0.2, 0) is 22.4 Å². The SMILES string of the molecule is COc1ccc(-c2nc(CC(=O)N[C@@H](Cc3c[nH]c4ccccc34)C(=O)O)cs2)cc1OC. The first-order chi connectivity index (χ1) is 16.0. The number of carboxylic acid groups (broad SMARTS) is 1. The minimum Gasteiger partial charge on any atom is -0.493 e. The van der Waals surface area contributed by atoms with Crippen molar-refractivity contribution in [3.63, 3.8) is 0 Å². The zero-order valence-electron chi connectivity index (χ0n) is 18.1. The summed E-state index contributed by atoms with van der Waals surface area (Å²) in [5.41, 5.74) is 3.17. The Labute approximate surface area is 194 Å². The summed E-state index contributed by atoms with van der Waals surface area (Å²) in [6.07, 6.45) is 1.95. The Hall–Kier alpha value is -3.85. The molecule has 9 heteroatoms. The number of aliphatic carboxylic acids is 1. The summed E-state index contributed by atoms with van der Waals surface area (Å²) in [5, 5.41) is 15.7. The molecule has 2 heterocycles. The van der Waals surface area contributed by atoms with Gasteiger partial charge in [-0.1, -0.05) is 18.2 Å². The quantitative estimate of drug-likeness (QED) is 0.348. The van der Waals surface area contributed by atoms with Crippen LogP contribution < -0.4 is 14.8 Å². The number of thiazole rings is 1. The smallest absolute Gasteiger partial charge is 0.326 e. The summed E-state index contributed by atoms with van der Waals surface area (Å²) in [6.45, 7) is 0. The third-order valence-electron chi connectivity index (χ3n) is 5.26. The molecule has 0 unspecified atom stereocenters. The first kappa shape index (κ1) is 22.3. The van der Waals surface area contributed by atoms with Crippen LogP contribution in [0.1, 0.15) is 11.3 Å². The number of nitrogens with zero attached hydrogens (tertiary/aromatic N) is 1. The van der Waals surface area contributed by atoms with Crippen molar-refractivity contribution in [2.45, 2.75) is 18.9 Å². The second kappa shape index (κ2) is 9.74. The van der Waals surface area contributed by atoms with Gasteiger partial charge in [-0.05, 0) is 29.8 Å². The topological polar surface area (TPSA) is 114 Å².